The van der Waals surface area contributed by atoms with Crippen molar-refractivity contribution >= 4 is 32.3 Å². The van der Waals surface area contributed by atoms with Gasteiger partial charge in [0.05, 0.1) is 0 Å². The molecule has 0 atom stereocenters. The average molecular weight is 688 g/mol. The summed E-state index contributed by atoms with van der Waals surface area (Å²) in [5, 5.41) is 7.16. The Hall–Kier alpha value is -7.23. The number of fused-ring (bicyclic) bond motifs is 3. The molecular weight excluding hydrogens is 655 g/mol. The lowest BCUT2D eigenvalue weighted by Gasteiger charge is -2.16. The molecule has 0 aliphatic heterocycles. The van der Waals surface area contributed by atoms with Crippen molar-refractivity contribution in [3.63, 3.8) is 0 Å². The summed E-state index contributed by atoms with van der Waals surface area (Å²) in [6.07, 6.45) is 0. The van der Waals surface area contributed by atoms with Gasteiger partial charge < -0.3 is 0 Å². The number of aromatic nitrogens is 3. The first-order valence-corrected chi connectivity index (χ1v) is 18.3. The molecular formula is C51H33N3. The summed E-state index contributed by atoms with van der Waals surface area (Å²) in [5.74, 6) is 1.92. The smallest absolute Gasteiger partial charge is 0.164 e. The van der Waals surface area contributed by atoms with E-state index in [9.17, 15) is 0 Å². The third kappa shape index (κ3) is 5.60. The van der Waals surface area contributed by atoms with Crippen LogP contribution < -0.4 is 0 Å². The van der Waals surface area contributed by atoms with Gasteiger partial charge in [-0.15, -0.1) is 0 Å². The highest BCUT2D eigenvalue weighted by Gasteiger charge is 2.19. The first kappa shape index (κ1) is 31.5. The van der Waals surface area contributed by atoms with Crippen LogP contribution in [0.5, 0.6) is 0 Å². The Bertz CT molecular complexity index is 2990. The molecule has 10 rings (SSSR count). The van der Waals surface area contributed by atoms with Gasteiger partial charge in [-0.25, -0.2) is 15.0 Å². The topological polar surface area (TPSA) is 38.7 Å². The molecule has 0 fully saturated rings. The lowest BCUT2D eigenvalue weighted by Crippen LogP contribution is -2.01. The van der Waals surface area contributed by atoms with Gasteiger partial charge in [0.1, 0.15) is 0 Å². The van der Waals surface area contributed by atoms with E-state index in [4.69, 9.17) is 15.0 Å². The van der Waals surface area contributed by atoms with Crippen molar-refractivity contribution in [3.8, 4) is 67.5 Å². The first-order valence-electron chi connectivity index (χ1n) is 18.3. The van der Waals surface area contributed by atoms with Gasteiger partial charge in [0.25, 0.3) is 0 Å². The van der Waals surface area contributed by atoms with Gasteiger partial charge in [0.15, 0.2) is 17.5 Å². The van der Waals surface area contributed by atoms with Crippen LogP contribution in [0.25, 0.3) is 99.9 Å². The maximum atomic E-state index is 5.23. The molecule has 1 aromatic heterocycles. The lowest BCUT2D eigenvalue weighted by molar-refractivity contribution is 1.08. The van der Waals surface area contributed by atoms with Crippen molar-refractivity contribution in [3.05, 3.63) is 200 Å². The van der Waals surface area contributed by atoms with Crippen molar-refractivity contribution in [1.82, 2.24) is 15.0 Å². The van der Waals surface area contributed by atoms with Crippen molar-refractivity contribution in [2.75, 3.05) is 0 Å². The third-order valence-electron chi connectivity index (χ3n) is 10.4. The molecule has 0 aliphatic carbocycles. The quantitative estimate of drug-likeness (QED) is 0.175. The maximum absolute atomic E-state index is 5.23. The Morgan fingerprint density at radius 1 is 0.222 bits per heavy atom. The van der Waals surface area contributed by atoms with Crippen LogP contribution in [0.15, 0.2) is 200 Å². The fraction of sp³-hybridized carbons (Fsp3) is 0. The van der Waals surface area contributed by atoms with Crippen LogP contribution >= 0.6 is 0 Å². The van der Waals surface area contributed by atoms with Crippen LogP contribution in [0.4, 0.5) is 0 Å². The Labute approximate surface area is 313 Å². The van der Waals surface area contributed by atoms with Crippen LogP contribution in [-0.4, -0.2) is 15.0 Å². The molecule has 10 aromatic rings. The summed E-state index contributed by atoms with van der Waals surface area (Å²) < 4.78 is 0. The fourth-order valence-electron chi connectivity index (χ4n) is 7.75. The molecule has 0 unspecified atom stereocenters. The van der Waals surface area contributed by atoms with Gasteiger partial charge in [-0.3, -0.25) is 0 Å². The van der Waals surface area contributed by atoms with E-state index in [-0.39, 0.29) is 0 Å². The SMILES string of the molecule is c1ccc(-c2nc(-c3ccccc3-c3ccccc3)nc(-c3ccc(-c4ccc(-c5ccc6ccccc6c5)c5ccccc45)c4ccccc34)n2)cc1. The average Bonchev–Trinajstić information content (AvgIpc) is 3.26. The predicted molar refractivity (Wildman–Crippen MR) is 225 cm³/mol. The monoisotopic (exact) mass is 687 g/mol. The lowest BCUT2D eigenvalue weighted by atomic mass is 9.88. The summed E-state index contributed by atoms with van der Waals surface area (Å²) in [5.41, 5.74) is 9.86. The molecule has 0 spiro atoms. The van der Waals surface area contributed by atoms with Gasteiger partial charge in [-0.2, -0.15) is 0 Å². The molecule has 0 saturated carbocycles. The highest BCUT2D eigenvalue weighted by Crippen LogP contribution is 2.41. The molecule has 1 heterocycles. The van der Waals surface area contributed by atoms with Gasteiger partial charge >= 0.3 is 0 Å². The predicted octanol–water partition coefficient (Wildman–Crippen LogP) is 13.3. The molecule has 0 aliphatic rings. The Morgan fingerprint density at radius 2 is 0.667 bits per heavy atom. The van der Waals surface area contributed by atoms with Crippen molar-refractivity contribution in [2.24, 2.45) is 0 Å². The van der Waals surface area contributed by atoms with E-state index in [1.165, 1.54) is 43.8 Å². The second-order valence-electron chi connectivity index (χ2n) is 13.6. The summed E-state index contributed by atoms with van der Waals surface area (Å²) >= 11 is 0. The number of benzene rings is 9. The van der Waals surface area contributed by atoms with E-state index < -0.39 is 0 Å². The van der Waals surface area contributed by atoms with E-state index >= 15 is 0 Å². The van der Waals surface area contributed by atoms with Gasteiger partial charge in [-0.1, -0.05) is 188 Å². The second-order valence-corrected chi connectivity index (χ2v) is 13.6. The zero-order chi connectivity index (χ0) is 35.8. The Kier molecular flexibility index (Phi) is 7.81. The maximum Gasteiger partial charge on any atom is 0.164 e. The van der Waals surface area contributed by atoms with Gasteiger partial charge in [-0.05, 0) is 77.8 Å². The van der Waals surface area contributed by atoms with Crippen molar-refractivity contribution in [1.29, 1.82) is 0 Å². The molecule has 3 nitrogen and oxygen atoms in total. The molecule has 0 amide bonds. The van der Waals surface area contributed by atoms with Crippen LogP contribution in [0.3, 0.4) is 0 Å². The van der Waals surface area contributed by atoms with Crippen molar-refractivity contribution < 1.29 is 0 Å². The molecule has 54 heavy (non-hydrogen) atoms. The van der Waals surface area contributed by atoms with E-state index in [1.807, 2.05) is 30.3 Å². The van der Waals surface area contributed by atoms with Gasteiger partial charge in [0, 0.05) is 16.7 Å². The summed E-state index contributed by atoms with van der Waals surface area (Å²) in [6, 6.07) is 70.6. The van der Waals surface area contributed by atoms with Crippen molar-refractivity contribution in [2.45, 2.75) is 0 Å². The first-order chi connectivity index (χ1) is 26.8. The second kappa shape index (κ2) is 13.4. The van der Waals surface area contributed by atoms with E-state index in [0.717, 1.165) is 38.6 Å². The minimum absolute atomic E-state index is 0.640. The minimum atomic E-state index is 0.640. The number of hydrogen-bond acceptors (Lipinski definition) is 3. The standard InChI is InChI=1S/C51H33N3/c1-3-16-35(17-4-1)39-21-9-14-26-47(39)50-52-49(36-18-5-2-6-19-36)53-51(54-50)48-32-31-46(43-24-12-13-25-44(43)48)45-30-29-40(41-22-10-11-23-42(41)45)38-28-27-34-15-7-8-20-37(34)33-38/h1-33H. The summed E-state index contributed by atoms with van der Waals surface area (Å²) in [6.45, 7) is 0. The van der Waals surface area contributed by atoms with E-state index in [0.29, 0.717) is 17.5 Å². The molecule has 9 aromatic carbocycles. The Balaban J connectivity index is 1.15. The van der Waals surface area contributed by atoms with Crippen LogP contribution in [0.1, 0.15) is 0 Å². The number of rotatable bonds is 6. The highest BCUT2D eigenvalue weighted by molar-refractivity contribution is 6.12. The van der Waals surface area contributed by atoms with E-state index in [2.05, 4.69) is 170 Å². The molecule has 3 heteroatoms. The minimum Gasteiger partial charge on any atom is -0.208 e. The molecule has 252 valence electrons. The van der Waals surface area contributed by atoms with Crippen LogP contribution in [0, 0.1) is 0 Å². The molecule has 0 bridgehead atoms. The fourth-order valence-corrected chi connectivity index (χ4v) is 7.75. The van der Waals surface area contributed by atoms with Crippen LogP contribution in [-0.2, 0) is 0 Å². The summed E-state index contributed by atoms with van der Waals surface area (Å²) in [4.78, 5) is 15.5. The third-order valence-corrected chi connectivity index (χ3v) is 10.4. The van der Waals surface area contributed by atoms with Crippen LogP contribution in [0.2, 0.25) is 0 Å². The van der Waals surface area contributed by atoms with Gasteiger partial charge in [0.2, 0.25) is 0 Å². The molecule has 0 radical (unpaired) electrons. The zero-order valence-electron chi connectivity index (χ0n) is 29.4. The number of nitrogens with zero attached hydrogens (tertiary/aromatic N) is 3. The van der Waals surface area contributed by atoms with E-state index in [1.54, 1.807) is 0 Å². The Morgan fingerprint density at radius 3 is 1.33 bits per heavy atom. The molecule has 0 saturated heterocycles. The summed E-state index contributed by atoms with van der Waals surface area (Å²) in [7, 11) is 0. The normalized spacial score (nSPS) is 11.3. The zero-order valence-corrected chi connectivity index (χ0v) is 29.4. The highest BCUT2D eigenvalue weighted by atomic mass is 15.0. The number of hydrogen-bond donors (Lipinski definition) is 0. The largest absolute Gasteiger partial charge is 0.208 e. The molecule has 0 N–H and O–H groups in total.